The molecule has 0 aliphatic heterocycles. The molecule has 1 aliphatic carbocycles. The van der Waals surface area contributed by atoms with Crippen LogP contribution >= 0.6 is 0 Å². The zero-order chi connectivity index (χ0) is 8.97. The fraction of sp³-hybridized carbons (Fsp3) is 0.500. The van der Waals surface area contributed by atoms with Crippen molar-refractivity contribution in [1.82, 2.24) is 0 Å². The van der Waals surface area contributed by atoms with Crippen molar-refractivity contribution in [2.45, 2.75) is 26.7 Å². The molecule has 0 radical (unpaired) electrons. The first-order valence-electron chi connectivity index (χ1n) is 4.72. The summed E-state index contributed by atoms with van der Waals surface area (Å²) in [6.07, 6.45) is 11.2. The molecular formula is C12H18. The number of hydrogen-bond acceptors (Lipinski definition) is 0. The summed E-state index contributed by atoms with van der Waals surface area (Å²) in [7, 11) is 0. The monoisotopic (exact) mass is 162 g/mol. The highest BCUT2D eigenvalue weighted by Gasteiger charge is 2.07. The number of rotatable bonds is 3. The van der Waals surface area contributed by atoms with Gasteiger partial charge in [0, 0.05) is 0 Å². The van der Waals surface area contributed by atoms with Crippen molar-refractivity contribution in [3.05, 3.63) is 36.5 Å². The van der Waals surface area contributed by atoms with E-state index in [-0.39, 0.29) is 0 Å². The van der Waals surface area contributed by atoms with E-state index in [1.165, 1.54) is 12.0 Å². The maximum atomic E-state index is 3.77. The standard InChI is InChI=1S/C12H18/c1-4-10(2)5-7-12-8-6-11(3)9-12/h4,6-8,10-11H,1,5,9H2,2-3H3/b12-7-. The van der Waals surface area contributed by atoms with Gasteiger partial charge in [-0.1, -0.05) is 43.7 Å². The molecule has 0 amide bonds. The molecule has 0 bridgehead atoms. The molecule has 0 aromatic carbocycles. The van der Waals surface area contributed by atoms with Crippen LogP contribution in [0.2, 0.25) is 0 Å². The molecule has 0 spiro atoms. The van der Waals surface area contributed by atoms with Crippen molar-refractivity contribution < 1.29 is 0 Å². The second-order valence-electron chi connectivity index (χ2n) is 3.77. The zero-order valence-electron chi connectivity index (χ0n) is 8.09. The highest BCUT2D eigenvalue weighted by Crippen LogP contribution is 2.23. The summed E-state index contributed by atoms with van der Waals surface area (Å²) >= 11 is 0. The summed E-state index contributed by atoms with van der Waals surface area (Å²) in [6, 6.07) is 0. The zero-order valence-corrected chi connectivity index (χ0v) is 8.09. The summed E-state index contributed by atoms with van der Waals surface area (Å²) in [5.41, 5.74) is 1.50. The lowest BCUT2D eigenvalue weighted by Crippen LogP contribution is -1.87. The molecule has 0 saturated heterocycles. The molecule has 66 valence electrons. The van der Waals surface area contributed by atoms with Gasteiger partial charge >= 0.3 is 0 Å². The van der Waals surface area contributed by atoms with Crippen LogP contribution in [0.15, 0.2) is 36.5 Å². The van der Waals surface area contributed by atoms with E-state index in [9.17, 15) is 0 Å². The Morgan fingerprint density at radius 1 is 1.75 bits per heavy atom. The van der Waals surface area contributed by atoms with Gasteiger partial charge in [-0.05, 0) is 24.7 Å². The molecule has 0 heteroatoms. The van der Waals surface area contributed by atoms with E-state index in [1.807, 2.05) is 6.08 Å². The lowest BCUT2D eigenvalue weighted by molar-refractivity contribution is 0.725. The van der Waals surface area contributed by atoms with Gasteiger partial charge in [-0.15, -0.1) is 6.58 Å². The van der Waals surface area contributed by atoms with Crippen molar-refractivity contribution in [3.8, 4) is 0 Å². The predicted octanol–water partition coefficient (Wildman–Crippen LogP) is 3.72. The average Bonchev–Trinajstić information content (AvgIpc) is 2.47. The molecule has 0 aromatic heterocycles. The second-order valence-corrected chi connectivity index (χ2v) is 3.77. The van der Waals surface area contributed by atoms with Crippen LogP contribution in [0.4, 0.5) is 0 Å². The summed E-state index contributed by atoms with van der Waals surface area (Å²) in [5, 5.41) is 0. The third-order valence-electron chi connectivity index (χ3n) is 2.35. The fourth-order valence-electron chi connectivity index (χ4n) is 1.38. The minimum absolute atomic E-state index is 0.613. The van der Waals surface area contributed by atoms with Crippen LogP contribution in [-0.2, 0) is 0 Å². The van der Waals surface area contributed by atoms with Gasteiger partial charge in [0.25, 0.3) is 0 Å². The molecule has 12 heavy (non-hydrogen) atoms. The molecule has 1 rings (SSSR count). The lowest BCUT2D eigenvalue weighted by atomic mass is 10.0. The Bertz CT molecular complexity index is 208. The Morgan fingerprint density at radius 2 is 2.50 bits per heavy atom. The van der Waals surface area contributed by atoms with Crippen LogP contribution < -0.4 is 0 Å². The van der Waals surface area contributed by atoms with Crippen molar-refractivity contribution in [3.63, 3.8) is 0 Å². The summed E-state index contributed by atoms with van der Waals surface area (Å²) in [4.78, 5) is 0. The topological polar surface area (TPSA) is 0 Å². The predicted molar refractivity (Wildman–Crippen MR) is 55.0 cm³/mol. The Kier molecular flexibility index (Phi) is 3.33. The van der Waals surface area contributed by atoms with Crippen molar-refractivity contribution in [2.75, 3.05) is 0 Å². The SMILES string of the molecule is C=CC(C)C/C=C1/C=CC(C)C1. The third kappa shape index (κ3) is 2.69. The lowest BCUT2D eigenvalue weighted by Gasteiger charge is -2.01. The van der Waals surface area contributed by atoms with Gasteiger partial charge in [0.2, 0.25) is 0 Å². The van der Waals surface area contributed by atoms with Crippen LogP contribution in [0.1, 0.15) is 26.7 Å². The van der Waals surface area contributed by atoms with Crippen LogP contribution in [0.25, 0.3) is 0 Å². The van der Waals surface area contributed by atoms with Gasteiger partial charge in [0.05, 0.1) is 0 Å². The number of hydrogen-bond donors (Lipinski definition) is 0. The molecule has 2 unspecified atom stereocenters. The highest BCUT2D eigenvalue weighted by atomic mass is 14.1. The molecular weight excluding hydrogens is 144 g/mol. The largest absolute Gasteiger partial charge is 0.103 e. The fourth-order valence-corrected chi connectivity index (χ4v) is 1.38. The summed E-state index contributed by atoms with van der Waals surface area (Å²) in [5.74, 6) is 1.36. The third-order valence-corrected chi connectivity index (χ3v) is 2.35. The van der Waals surface area contributed by atoms with Gasteiger partial charge in [0.1, 0.15) is 0 Å². The maximum absolute atomic E-state index is 3.77. The number of allylic oxidation sites excluding steroid dienone is 5. The van der Waals surface area contributed by atoms with Gasteiger partial charge in [-0.2, -0.15) is 0 Å². The minimum atomic E-state index is 0.613. The second kappa shape index (κ2) is 4.30. The Labute approximate surface area is 75.7 Å². The van der Waals surface area contributed by atoms with Gasteiger partial charge < -0.3 is 0 Å². The molecule has 2 atom stereocenters. The quantitative estimate of drug-likeness (QED) is 0.555. The van der Waals surface area contributed by atoms with E-state index in [4.69, 9.17) is 0 Å². The molecule has 1 aliphatic rings. The van der Waals surface area contributed by atoms with Crippen LogP contribution in [0.3, 0.4) is 0 Å². The Balaban J connectivity index is 2.38. The van der Waals surface area contributed by atoms with Crippen LogP contribution in [0.5, 0.6) is 0 Å². The average molecular weight is 162 g/mol. The van der Waals surface area contributed by atoms with Crippen molar-refractivity contribution in [2.24, 2.45) is 11.8 Å². The maximum Gasteiger partial charge on any atom is -0.0218 e. The summed E-state index contributed by atoms with van der Waals surface area (Å²) in [6.45, 7) is 8.23. The molecule has 0 nitrogen and oxygen atoms in total. The first-order chi connectivity index (χ1) is 5.72. The van der Waals surface area contributed by atoms with Gasteiger partial charge in [-0.3, -0.25) is 0 Å². The van der Waals surface area contributed by atoms with Crippen molar-refractivity contribution in [1.29, 1.82) is 0 Å². The van der Waals surface area contributed by atoms with E-state index in [0.29, 0.717) is 5.92 Å². The van der Waals surface area contributed by atoms with Gasteiger partial charge in [0.15, 0.2) is 0 Å². The van der Waals surface area contributed by atoms with E-state index in [1.54, 1.807) is 0 Å². The smallest absolute Gasteiger partial charge is 0.0218 e. The molecule has 0 aromatic rings. The van der Waals surface area contributed by atoms with E-state index >= 15 is 0 Å². The van der Waals surface area contributed by atoms with E-state index < -0.39 is 0 Å². The molecule has 0 N–H and O–H groups in total. The summed E-state index contributed by atoms with van der Waals surface area (Å²) < 4.78 is 0. The van der Waals surface area contributed by atoms with Crippen molar-refractivity contribution >= 4 is 0 Å². The van der Waals surface area contributed by atoms with E-state index in [2.05, 4.69) is 38.7 Å². The van der Waals surface area contributed by atoms with Gasteiger partial charge in [-0.25, -0.2) is 0 Å². The molecule has 0 saturated carbocycles. The highest BCUT2D eigenvalue weighted by molar-refractivity contribution is 5.26. The molecule has 0 heterocycles. The Hall–Kier alpha value is -0.780. The van der Waals surface area contributed by atoms with E-state index in [0.717, 1.165) is 12.3 Å². The first-order valence-corrected chi connectivity index (χ1v) is 4.72. The first kappa shape index (κ1) is 9.31. The van der Waals surface area contributed by atoms with Crippen LogP contribution in [-0.4, -0.2) is 0 Å². The van der Waals surface area contributed by atoms with Crippen LogP contribution in [0, 0.1) is 11.8 Å². The minimum Gasteiger partial charge on any atom is -0.103 e. The normalized spacial score (nSPS) is 27.8. The Morgan fingerprint density at radius 3 is 3.00 bits per heavy atom. The molecule has 0 fully saturated rings.